The van der Waals surface area contributed by atoms with E-state index in [1.165, 1.54) is 17.0 Å². The van der Waals surface area contributed by atoms with E-state index in [4.69, 9.17) is 11.6 Å². The van der Waals surface area contributed by atoms with Crippen molar-refractivity contribution in [2.45, 2.75) is 75.9 Å². The smallest absolute Gasteiger partial charge is 0.264 e. The predicted molar refractivity (Wildman–Crippen MR) is 188 cm³/mol. The highest BCUT2D eigenvalue weighted by Crippen LogP contribution is 2.28. The highest BCUT2D eigenvalue weighted by Gasteiger charge is 2.35. The summed E-state index contributed by atoms with van der Waals surface area (Å²) in [4.78, 5) is 30.5. The van der Waals surface area contributed by atoms with Gasteiger partial charge in [-0.15, -0.1) is 0 Å². The number of rotatable bonds is 12. The SMILES string of the molecule is Cc1ccc(N(CC(=O)N(Cc2ccccc2Cl)C(Cc2ccccc2)C(=O)NC2CCCCC2)S(=O)(=O)c2ccccc2)cc1C. The third-order valence-electron chi connectivity index (χ3n) is 8.91. The molecule has 0 bridgehead atoms. The molecule has 1 N–H and O–H groups in total. The number of halogens is 1. The second kappa shape index (κ2) is 15.6. The number of hydrogen-bond donors (Lipinski definition) is 1. The molecule has 2 amide bonds. The maximum absolute atomic E-state index is 14.7. The van der Waals surface area contributed by atoms with Gasteiger partial charge in [0.1, 0.15) is 12.6 Å². The van der Waals surface area contributed by atoms with Crippen LogP contribution < -0.4 is 9.62 Å². The van der Waals surface area contributed by atoms with Crippen molar-refractivity contribution in [1.29, 1.82) is 0 Å². The molecule has 0 heterocycles. The van der Waals surface area contributed by atoms with Crippen molar-refractivity contribution in [1.82, 2.24) is 10.2 Å². The molecule has 0 aromatic heterocycles. The maximum Gasteiger partial charge on any atom is 0.264 e. The van der Waals surface area contributed by atoms with E-state index >= 15 is 0 Å². The van der Waals surface area contributed by atoms with E-state index < -0.39 is 28.5 Å². The number of nitrogens with zero attached hydrogens (tertiary/aromatic N) is 2. The first kappa shape index (κ1) is 34.2. The molecule has 1 aliphatic rings. The van der Waals surface area contributed by atoms with Gasteiger partial charge in [0.05, 0.1) is 10.6 Å². The van der Waals surface area contributed by atoms with Crippen molar-refractivity contribution < 1.29 is 18.0 Å². The number of hydrogen-bond acceptors (Lipinski definition) is 4. The van der Waals surface area contributed by atoms with E-state index in [1.54, 1.807) is 36.4 Å². The van der Waals surface area contributed by atoms with Crippen molar-refractivity contribution in [2.24, 2.45) is 0 Å². The van der Waals surface area contributed by atoms with Crippen molar-refractivity contribution in [3.63, 3.8) is 0 Å². The Morgan fingerprint density at radius 2 is 1.47 bits per heavy atom. The fraction of sp³-hybridized carbons (Fsp3) is 0.316. The fourth-order valence-electron chi connectivity index (χ4n) is 6.04. The lowest BCUT2D eigenvalue weighted by molar-refractivity contribution is -0.140. The van der Waals surface area contributed by atoms with Gasteiger partial charge in [-0.05, 0) is 79.3 Å². The molecule has 47 heavy (non-hydrogen) atoms. The summed E-state index contributed by atoms with van der Waals surface area (Å²) in [6.07, 6.45) is 5.25. The van der Waals surface area contributed by atoms with Crippen LogP contribution in [0.2, 0.25) is 5.02 Å². The van der Waals surface area contributed by atoms with E-state index in [-0.39, 0.29) is 29.8 Å². The zero-order valence-corrected chi connectivity index (χ0v) is 28.5. The summed E-state index contributed by atoms with van der Waals surface area (Å²) in [5.74, 6) is -0.771. The lowest BCUT2D eigenvalue weighted by Crippen LogP contribution is -2.55. The van der Waals surface area contributed by atoms with Crippen LogP contribution in [0.1, 0.15) is 54.4 Å². The molecule has 1 saturated carbocycles. The van der Waals surface area contributed by atoms with Gasteiger partial charge in [0, 0.05) is 24.0 Å². The Hall–Kier alpha value is -4.14. The predicted octanol–water partition coefficient (Wildman–Crippen LogP) is 7.24. The molecule has 246 valence electrons. The Morgan fingerprint density at radius 3 is 2.13 bits per heavy atom. The minimum Gasteiger partial charge on any atom is -0.352 e. The van der Waals surface area contributed by atoms with Crippen molar-refractivity contribution in [3.05, 3.63) is 130 Å². The van der Waals surface area contributed by atoms with Crippen LogP contribution in [0, 0.1) is 13.8 Å². The minimum absolute atomic E-state index is 0.0253. The minimum atomic E-state index is -4.16. The molecule has 4 aromatic rings. The fourth-order valence-corrected chi connectivity index (χ4v) is 7.66. The van der Waals surface area contributed by atoms with Crippen LogP contribution in [-0.4, -0.2) is 43.8 Å². The summed E-state index contributed by atoms with van der Waals surface area (Å²) >= 11 is 6.61. The van der Waals surface area contributed by atoms with Crippen LogP contribution >= 0.6 is 11.6 Å². The molecular weight excluding hydrogens is 630 g/mol. The largest absolute Gasteiger partial charge is 0.352 e. The second-order valence-corrected chi connectivity index (χ2v) is 14.5. The van der Waals surface area contributed by atoms with E-state index in [1.807, 2.05) is 68.4 Å². The van der Waals surface area contributed by atoms with Gasteiger partial charge >= 0.3 is 0 Å². The average Bonchev–Trinajstić information content (AvgIpc) is 3.08. The number of nitrogens with one attached hydrogen (secondary N) is 1. The molecule has 7 nitrogen and oxygen atoms in total. The summed E-state index contributed by atoms with van der Waals surface area (Å²) in [5.41, 5.74) is 3.81. The summed E-state index contributed by atoms with van der Waals surface area (Å²) in [5, 5.41) is 3.69. The Balaban J connectivity index is 1.58. The van der Waals surface area contributed by atoms with Gasteiger partial charge in [0.25, 0.3) is 10.0 Å². The topological polar surface area (TPSA) is 86.8 Å². The van der Waals surface area contributed by atoms with E-state index in [9.17, 15) is 18.0 Å². The maximum atomic E-state index is 14.7. The molecule has 1 fully saturated rings. The van der Waals surface area contributed by atoms with Crippen LogP contribution in [0.15, 0.2) is 108 Å². The molecule has 1 atom stereocenters. The Kier molecular flexibility index (Phi) is 11.4. The zero-order chi connectivity index (χ0) is 33.4. The number of carbonyl (C=O) groups is 2. The van der Waals surface area contributed by atoms with E-state index in [0.717, 1.165) is 53.1 Å². The summed E-state index contributed by atoms with van der Waals surface area (Å²) < 4.78 is 29.6. The number of amides is 2. The van der Waals surface area contributed by atoms with Crippen LogP contribution in [0.25, 0.3) is 0 Å². The summed E-state index contributed by atoms with van der Waals surface area (Å²) in [7, 11) is -4.16. The van der Waals surface area contributed by atoms with Gasteiger partial charge in [-0.3, -0.25) is 13.9 Å². The molecule has 0 spiro atoms. The zero-order valence-electron chi connectivity index (χ0n) is 26.9. The highest BCUT2D eigenvalue weighted by atomic mass is 35.5. The molecule has 0 aliphatic heterocycles. The highest BCUT2D eigenvalue weighted by molar-refractivity contribution is 7.92. The molecule has 1 aliphatic carbocycles. The molecule has 4 aromatic carbocycles. The first-order valence-corrected chi connectivity index (χ1v) is 18.0. The van der Waals surface area contributed by atoms with E-state index in [0.29, 0.717) is 16.3 Å². The lowest BCUT2D eigenvalue weighted by Gasteiger charge is -2.35. The first-order valence-electron chi connectivity index (χ1n) is 16.2. The first-order chi connectivity index (χ1) is 22.6. The monoisotopic (exact) mass is 671 g/mol. The van der Waals surface area contributed by atoms with Crippen LogP contribution in [0.3, 0.4) is 0 Å². The van der Waals surface area contributed by atoms with Gasteiger partial charge in [-0.1, -0.05) is 104 Å². The number of aryl methyl sites for hydroxylation is 2. The molecule has 1 unspecified atom stereocenters. The quantitative estimate of drug-likeness (QED) is 0.172. The number of benzene rings is 4. The van der Waals surface area contributed by atoms with Gasteiger partial charge in [-0.25, -0.2) is 8.42 Å². The third-order valence-corrected chi connectivity index (χ3v) is 11.1. The Labute approximate surface area is 283 Å². The number of sulfonamides is 1. The lowest BCUT2D eigenvalue weighted by atomic mass is 9.94. The van der Waals surface area contributed by atoms with Crippen molar-refractivity contribution in [3.8, 4) is 0 Å². The average molecular weight is 672 g/mol. The van der Waals surface area contributed by atoms with Crippen molar-refractivity contribution in [2.75, 3.05) is 10.8 Å². The molecule has 9 heteroatoms. The summed E-state index contributed by atoms with van der Waals surface area (Å²) in [6, 6.07) is 29.3. The Morgan fingerprint density at radius 1 is 0.830 bits per heavy atom. The molecular formula is C38H42ClN3O4S. The Bertz CT molecular complexity index is 1780. The van der Waals surface area contributed by atoms with Gasteiger partial charge in [0.15, 0.2) is 0 Å². The van der Waals surface area contributed by atoms with Crippen molar-refractivity contribution >= 4 is 39.1 Å². The van der Waals surface area contributed by atoms with Crippen LogP contribution in [0.4, 0.5) is 5.69 Å². The third kappa shape index (κ3) is 8.62. The second-order valence-electron chi connectivity index (χ2n) is 12.3. The van der Waals surface area contributed by atoms with Gasteiger partial charge in [-0.2, -0.15) is 0 Å². The number of anilines is 1. The van der Waals surface area contributed by atoms with Gasteiger partial charge < -0.3 is 10.2 Å². The molecule has 5 rings (SSSR count). The molecule has 0 saturated heterocycles. The standard InChI is InChI=1S/C38H42ClN3O4S/c1-28-22-23-33(24-29(28)2)42(47(45,46)34-19-10-5-11-20-34)27-37(43)41(26-31-16-12-13-21-35(31)39)36(25-30-14-6-3-7-15-30)38(44)40-32-17-8-4-9-18-32/h3,5-7,10-16,19-24,32,36H,4,8-9,17-18,25-27H2,1-2H3,(H,40,44). The number of carbonyl (C=O) groups excluding carboxylic acids is 2. The normalized spacial score (nSPS) is 14.3. The molecule has 0 radical (unpaired) electrons. The van der Waals surface area contributed by atoms with E-state index in [2.05, 4.69) is 5.32 Å². The summed E-state index contributed by atoms with van der Waals surface area (Å²) in [6.45, 7) is 3.38. The van der Waals surface area contributed by atoms with Gasteiger partial charge in [0.2, 0.25) is 11.8 Å². The van der Waals surface area contributed by atoms with Crippen LogP contribution in [-0.2, 0) is 32.6 Å². The van der Waals surface area contributed by atoms with Crippen LogP contribution in [0.5, 0.6) is 0 Å².